The Labute approximate surface area is 134 Å². The van der Waals surface area contributed by atoms with Crippen molar-refractivity contribution in [2.75, 3.05) is 19.7 Å². The molecule has 1 aliphatic rings. The third kappa shape index (κ3) is 5.21. The van der Waals surface area contributed by atoms with Gasteiger partial charge >= 0.3 is 0 Å². The van der Waals surface area contributed by atoms with Gasteiger partial charge in [0.15, 0.2) is 0 Å². The second-order valence-corrected chi connectivity index (χ2v) is 6.15. The maximum Gasteiger partial charge on any atom is 0.250 e. The lowest BCUT2D eigenvalue weighted by Crippen LogP contribution is -2.48. The molecule has 6 heteroatoms. The molecule has 1 aromatic rings. The molecule has 1 saturated heterocycles. The fraction of sp³-hybridized carbons (Fsp3) is 0.562. The van der Waals surface area contributed by atoms with E-state index in [0.29, 0.717) is 23.8 Å². The van der Waals surface area contributed by atoms with Gasteiger partial charge in [0, 0.05) is 37.4 Å². The quantitative estimate of drug-likeness (QED) is 0.794. The van der Waals surface area contributed by atoms with E-state index in [1.165, 1.54) is 6.92 Å². The maximum absolute atomic E-state index is 13.3. The molecule has 0 aliphatic carbocycles. The SMILES string of the molecule is CC(=O)CC(COc1ccc(Cl)cc1)N1CCC(F)(F)CC1. The van der Waals surface area contributed by atoms with Gasteiger partial charge in [-0.1, -0.05) is 11.6 Å². The van der Waals surface area contributed by atoms with Gasteiger partial charge in [-0.05, 0) is 31.2 Å². The summed E-state index contributed by atoms with van der Waals surface area (Å²) in [6.07, 6.45) is -0.0239. The summed E-state index contributed by atoms with van der Waals surface area (Å²) in [4.78, 5) is 13.4. The van der Waals surface area contributed by atoms with Gasteiger partial charge < -0.3 is 4.74 Å². The summed E-state index contributed by atoms with van der Waals surface area (Å²) in [6, 6.07) is 6.76. The van der Waals surface area contributed by atoms with Crippen LogP contribution in [0.2, 0.25) is 5.02 Å². The normalized spacial score (nSPS) is 19.6. The molecular weight excluding hydrogens is 312 g/mol. The summed E-state index contributed by atoms with van der Waals surface area (Å²) in [7, 11) is 0. The van der Waals surface area contributed by atoms with E-state index in [1.54, 1.807) is 24.3 Å². The van der Waals surface area contributed by atoms with Crippen molar-refractivity contribution in [2.24, 2.45) is 0 Å². The molecular formula is C16H20ClF2NO2. The van der Waals surface area contributed by atoms with Crippen LogP contribution in [0.25, 0.3) is 0 Å². The minimum absolute atomic E-state index is 0.0297. The number of rotatable bonds is 6. The average molecular weight is 332 g/mol. The Hall–Kier alpha value is -1.20. The summed E-state index contributed by atoms with van der Waals surface area (Å²) in [5, 5.41) is 0.617. The van der Waals surface area contributed by atoms with Crippen molar-refractivity contribution < 1.29 is 18.3 Å². The van der Waals surface area contributed by atoms with Crippen LogP contribution < -0.4 is 4.74 Å². The molecule has 1 atom stereocenters. The van der Waals surface area contributed by atoms with Crippen molar-refractivity contribution in [3.8, 4) is 5.75 Å². The van der Waals surface area contributed by atoms with Crippen molar-refractivity contribution in [3.63, 3.8) is 0 Å². The van der Waals surface area contributed by atoms with Crippen LogP contribution in [-0.4, -0.2) is 42.3 Å². The van der Waals surface area contributed by atoms with Crippen LogP contribution in [0.1, 0.15) is 26.2 Å². The molecule has 1 aliphatic heterocycles. The van der Waals surface area contributed by atoms with E-state index >= 15 is 0 Å². The largest absolute Gasteiger partial charge is 0.492 e. The molecule has 2 rings (SSSR count). The monoisotopic (exact) mass is 331 g/mol. The van der Waals surface area contributed by atoms with E-state index in [4.69, 9.17) is 16.3 Å². The molecule has 1 heterocycles. The minimum Gasteiger partial charge on any atom is -0.492 e. The summed E-state index contributed by atoms with van der Waals surface area (Å²) in [5.41, 5.74) is 0. The van der Waals surface area contributed by atoms with E-state index in [-0.39, 0.29) is 37.8 Å². The standard InChI is InChI=1S/C16H20ClF2NO2/c1-12(21)10-14(20-8-6-16(18,19)7-9-20)11-22-15-4-2-13(17)3-5-15/h2-5,14H,6-11H2,1H3. The Bertz CT molecular complexity index is 497. The Balaban J connectivity index is 1.94. The minimum atomic E-state index is -2.59. The third-order valence-corrected chi connectivity index (χ3v) is 4.08. The summed E-state index contributed by atoms with van der Waals surface area (Å²) >= 11 is 5.81. The zero-order valence-corrected chi connectivity index (χ0v) is 13.3. The van der Waals surface area contributed by atoms with Crippen LogP contribution >= 0.6 is 11.6 Å². The molecule has 122 valence electrons. The molecule has 3 nitrogen and oxygen atoms in total. The van der Waals surface area contributed by atoms with Gasteiger partial charge in [0.1, 0.15) is 18.1 Å². The number of likely N-dealkylation sites (tertiary alicyclic amines) is 1. The lowest BCUT2D eigenvalue weighted by Gasteiger charge is -2.37. The van der Waals surface area contributed by atoms with Crippen LogP contribution in [0.3, 0.4) is 0 Å². The average Bonchev–Trinajstić information content (AvgIpc) is 2.45. The van der Waals surface area contributed by atoms with Gasteiger partial charge in [-0.25, -0.2) is 8.78 Å². The van der Waals surface area contributed by atoms with Crippen LogP contribution in [0.15, 0.2) is 24.3 Å². The molecule has 1 aromatic carbocycles. The highest BCUT2D eigenvalue weighted by molar-refractivity contribution is 6.30. The number of ether oxygens (including phenoxy) is 1. The van der Waals surface area contributed by atoms with Gasteiger partial charge in [-0.15, -0.1) is 0 Å². The number of carbonyl (C=O) groups is 1. The first-order chi connectivity index (χ1) is 10.4. The predicted molar refractivity (Wildman–Crippen MR) is 81.8 cm³/mol. The van der Waals surface area contributed by atoms with Crippen molar-refractivity contribution in [1.82, 2.24) is 4.90 Å². The highest BCUT2D eigenvalue weighted by atomic mass is 35.5. The molecule has 0 saturated carbocycles. The number of hydrogen-bond donors (Lipinski definition) is 0. The van der Waals surface area contributed by atoms with Gasteiger partial charge in [0.2, 0.25) is 0 Å². The second kappa shape index (κ2) is 7.38. The Morgan fingerprint density at radius 1 is 1.32 bits per heavy atom. The zero-order chi connectivity index (χ0) is 16.2. The first-order valence-corrected chi connectivity index (χ1v) is 7.73. The lowest BCUT2D eigenvalue weighted by atomic mass is 10.0. The number of alkyl halides is 2. The van der Waals surface area contributed by atoms with Gasteiger partial charge in [0.25, 0.3) is 5.92 Å². The molecule has 22 heavy (non-hydrogen) atoms. The molecule has 1 fully saturated rings. The molecule has 1 unspecified atom stereocenters. The first-order valence-electron chi connectivity index (χ1n) is 7.35. The molecule has 0 spiro atoms. The van der Waals surface area contributed by atoms with Crippen LogP contribution in [0.5, 0.6) is 5.75 Å². The van der Waals surface area contributed by atoms with Crippen LogP contribution in [-0.2, 0) is 4.79 Å². The maximum atomic E-state index is 13.3. The summed E-state index contributed by atoms with van der Waals surface area (Å²) < 4.78 is 32.2. The summed E-state index contributed by atoms with van der Waals surface area (Å²) in [5.74, 6) is -1.91. The number of carbonyl (C=O) groups excluding carboxylic acids is 1. The number of piperidine rings is 1. The molecule has 0 amide bonds. The van der Waals surface area contributed by atoms with Gasteiger partial charge in [-0.3, -0.25) is 9.69 Å². The molecule has 0 bridgehead atoms. The third-order valence-electron chi connectivity index (χ3n) is 3.83. The van der Waals surface area contributed by atoms with E-state index in [1.807, 2.05) is 4.90 Å². The van der Waals surface area contributed by atoms with Crippen LogP contribution in [0.4, 0.5) is 8.78 Å². The second-order valence-electron chi connectivity index (χ2n) is 5.72. The van der Waals surface area contributed by atoms with E-state index in [9.17, 15) is 13.6 Å². The van der Waals surface area contributed by atoms with Crippen molar-refractivity contribution >= 4 is 17.4 Å². The molecule has 0 radical (unpaired) electrons. The van der Waals surface area contributed by atoms with Gasteiger partial charge in [0.05, 0.1) is 6.04 Å². The van der Waals surface area contributed by atoms with Crippen molar-refractivity contribution in [3.05, 3.63) is 29.3 Å². The topological polar surface area (TPSA) is 29.5 Å². The number of ketones is 1. The number of benzene rings is 1. The van der Waals surface area contributed by atoms with E-state index < -0.39 is 5.92 Å². The van der Waals surface area contributed by atoms with E-state index in [2.05, 4.69) is 0 Å². The highest BCUT2D eigenvalue weighted by Gasteiger charge is 2.36. The zero-order valence-electron chi connectivity index (χ0n) is 12.5. The Morgan fingerprint density at radius 2 is 1.91 bits per heavy atom. The number of nitrogens with zero attached hydrogens (tertiary/aromatic N) is 1. The van der Waals surface area contributed by atoms with Crippen molar-refractivity contribution in [2.45, 2.75) is 38.2 Å². The number of halogens is 3. The Morgan fingerprint density at radius 3 is 2.45 bits per heavy atom. The molecule has 0 aromatic heterocycles. The van der Waals surface area contributed by atoms with Crippen molar-refractivity contribution in [1.29, 1.82) is 0 Å². The number of hydrogen-bond acceptors (Lipinski definition) is 3. The number of Topliss-reactive ketones (excluding diaryl/α,β-unsaturated/α-hetero) is 1. The van der Waals surface area contributed by atoms with Crippen LogP contribution in [0, 0.1) is 0 Å². The fourth-order valence-corrected chi connectivity index (χ4v) is 2.69. The highest BCUT2D eigenvalue weighted by Crippen LogP contribution is 2.29. The Kier molecular flexibility index (Phi) is 5.75. The fourth-order valence-electron chi connectivity index (χ4n) is 2.56. The smallest absolute Gasteiger partial charge is 0.250 e. The predicted octanol–water partition coefficient (Wildman–Crippen LogP) is 3.80. The van der Waals surface area contributed by atoms with E-state index in [0.717, 1.165) is 0 Å². The molecule has 0 N–H and O–H groups in total. The van der Waals surface area contributed by atoms with Gasteiger partial charge in [-0.2, -0.15) is 0 Å². The summed E-state index contributed by atoms with van der Waals surface area (Å²) in [6.45, 7) is 2.38. The lowest BCUT2D eigenvalue weighted by molar-refractivity contribution is -0.119. The first kappa shape index (κ1) is 17.2.